The van der Waals surface area contributed by atoms with E-state index in [9.17, 15) is 8.42 Å². The molecule has 6 heteroatoms. The maximum absolute atomic E-state index is 12.5. The molecule has 0 atom stereocenters. The van der Waals surface area contributed by atoms with Crippen LogP contribution in [0.4, 0.5) is 0 Å². The third kappa shape index (κ3) is 3.46. The van der Waals surface area contributed by atoms with Gasteiger partial charge in [-0.05, 0) is 44.0 Å². The normalized spacial score (nSPS) is 12.2. The lowest BCUT2D eigenvalue weighted by molar-refractivity contribution is 0.298. The summed E-state index contributed by atoms with van der Waals surface area (Å²) in [5, 5.41) is 9.07. The van der Waals surface area contributed by atoms with Gasteiger partial charge in [0, 0.05) is 19.7 Å². The van der Waals surface area contributed by atoms with Gasteiger partial charge >= 0.3 is 0 Å². The van der Waals surface area contributed by atoms with Crippen molar-refractivity contribution in [3.05, 3.63) is 23.8 Å². The first-order chi connectivity index (χ1) is 8.84. The molecule has 1 aromatic rings. The third-order valence-electron chi connectivity index (χ3n) is 3.03. The first-order valence-electron chi connectivity index (χ1n) is 6.10. The number of benzene rings is 1. The lowest BCUT2D eigenvalue weighted by atomic mass is 10.1. The molecule has 0 unspecified atom stereocenters. The minimum absolute atomic E-state index is 0.110. The first-order valence-corrected chi connectivity index (χ1v) is 7.54. The maximum atomic E-state index is 12.5. The molecule has 1 aromatic carbocycles. The number of aliphatic hydroxyl groups excluding tert-OH is 1. The molecule has 0 heterocycles. The van der Waals surface area contributed by atoms with Crippen molar-refractivity contribution in [1.29, 1.82) is 0 Å². The number of rotatable bonds is 6. The smallest absolute Gasteiger partial charge is 0.243 e. The number of nitrogens with zero attached hydrogens (tertiary/aromatic N) is 1. The molecule has 0 fully saturated rings. The highest BCUT2D eigenvalue weighted by molar-refractivity contribution is 7.89. The summed E-state index contributed by atoms with van der Waals surface area (Å²) in [6.07, 6.45) is 0.275. The van der Waals surface area contributed by atoms with Crippen LogP contribution in [0.1, 0.15) is 19.4 Å². The van der Waals surface area contributed by atoms with E-state index in [4.69, 9.17) is 9.84 Å². The van der Waals surface area contributed by atoms with Gasteiger partial charge in [-0.25, -0.2) is 8.42 Å². The van der Waals surface area contributed by atoms with Gasteiger partial charge in [-0.15, -0.1) is 0 Å². The van der Waals surface area contributed by atoms with Crippen LogP contribution in [0.2, 0.25) is 0 Å². The van der Waals surface area contributed by atoms with Crippen LogP contribution in [0.15, 0.2) is 23.1 Å². The molecule has 19 heavy (non-hydrogen) atoms. The van der Waals surface area contributed by atoms with E-state index in [0.29, 0.717) is 11.3 Å². The lowest BCUT2D eigenvalue weighted by Gasteiger charge is -2.22. The Balaban J connectivity index is 3.33. The fourth-order valence-corrected chi connectivity index (χ4v) is 3.28. The van der Waals surface area contributed by atoms with Crippen LogP contribution >= 0.6 is 0 Å². The zero-order valence-electron chi connectivity index (χ0n) is 11.8. The Labute approximate surface area is 114 Å². The highest BCUT2D eigenvalue weighted by atomic mass is 32.2. The Bertz CT molecular complexity index is 525. The van der Waals surface area contributed by atoms with Gasteiger partial charge in [0.25, 0.3) is 0 Å². The van der Waals surface area contributed by atoms with Gasteiger partial charge < -0.3 is 9.84 Å². The molecule has 0 spiro atoms. The molecule has 1 N–H and O–H groups in total. The van der Waals surface area contributed by atoms with Gasteiger partial charge in [0.2, 0.25) is 10.0 Å². The summed E-state index contributed by atoms with van der Waals surface area (Å²) in [6, 6.07) is 4.66. The molecule has 0 bridgehead atoms. The van der Waals surface area contributed by atoms with Gasteiger partial charge in [0.1, 0.15) is 5.75 Å². The van der Waals surface area contributed by atoms with Crippen LogP contribution in [0.3, 0.4) is 0 Å². The summed E-state index contributed by atoms with van der Waals surface area (Å²) >= 11 is 0. The summed E-state index contributed by atoms with van der Waals surface area (Å²) < 4.78 is 31.3. The predicted molar refractivity (Wildman–Crippen MR) is 73.9 cm³/mol. The number of ether oxygens (including phenoxy) is 1. The van der Waals surface area contributed by atoms with Crippen molar-refractivity contribution < 1.29 is 18.3 Å². The molecular formula is C13H21NO4S. The summed E-state index contributed by atoms with van der Waals surface area (Å²) in [4.78, 5) is 0.221. The van der Waals surface area contributed by atoms with Crippen LogP contribution < -0.4 is 4.74 Å². The zero-order chi connectivity index (χ0) is 14.6. The van der Waals surface area contributed by atoms with E-state index in [1.165, 1.54) is 17.5 Å². The standard InChI is InChI=1S/C13H21NO4S/c1-10(2)14(3)19(16,17)13-6-5-12(18-4)9-11(13)7-8-15/h5-6,9-10,15H,7-8H2,1-4H3. The molecule has 0 radical (unpaired) electrons. The molecule has 0 saturated carbocycles. The average molecular weight is 287 g/mol. The number of sulfonamides is 1. The topological polar surface area (TPSA) is 66.8 Å². The second kappa shape index (κ2) is 6.36. The fourth-order valence-electron chi connectivity index (χ4n) is 1.68. The molecule has 0 aliphatic rings. The quantitative estimate of drug-likeness (QED) is 0.855. The van der Waals surface area contributed by atoms with E-state index in [1.54, 1.807) is 19.2 Å². The number of aliphatic hydroxyl groups is 1. The van der Waals surface area contributed by atoms with Crippen molar-refractivity contribution in [3.63, 3.8) is 0 Å². The summed E-state index contributed by atoms with van der Waals surface area (Å²) in [5.41, 5.74) is 0.564. The van der Waals surface area contributed by atoms with E-state index in [1.807, 2.05) is 13.8 Å². The van der Waals surface area contributed by atoms with E-state index in [2.05, 4.69) is 0 Å². The molecule has 0 aliphatic heterocycles. The molecule has 1 rings (SSSR count). The van der Waals surface area contributed by atoms with Gasteiger partial charge in [0.15, 0.2) is 0 Å². The fraction of sp³-hybridized carbons (Fsp3) is 0.538. The van der Waals surface area contributed by atoms with E-state index >= 15 is 0 Å². The average Bonchev–Trinajstić information content (AvgIpc) is 2.37. The van der Waals surface area contributed by atoms with Gasteiger partial charge in [-0.2, -0.15) is 4.31 Å². The highest BCUT2D eigenvalue weighted by Gasteiger charge is 2.25. The number of hydrogen-bond donors (Lipinski definition) is 1. The second-order valence-electron chi connectivity index (χ2n) is 4.56. The Hall–Kier alpha value is -1.11. The molecule has 0 aliphatic carbocycles. The zero-order valence-corrected chi connectivity index (χ0v) is 12.6. The van der Waals surface area contributed by atoms with Crippen molar-refractivity contribution >= 4 is 10.0 Å². The molecule has 108 valence electrons. The minimum atomic E-state index is -3.55. The molecule has 0 saturated heterocycles. The second-order valence-corrected chi connectivity index (χ2v) is 6.53. The molecular weight excluding hydrogens is 266 g/mol. The number of methoxy groups -OCH3 is 1. The van der Waals surface area contributed by atoms with Crippen molar-refractivity contribution in [1.82, 2.24) is 4.31 Å². The van der Waals surface area contributed by atoms with Crippen LogP contribution in [0.25, 0.3) is 0 Å². The van der Waals surface area contributed by atoms with E-state index in [0.717, 1.165) is 0 Å². The molecule has 5 nitrogen and oxygen atoms in total. The Morgan fingerprint density at radius 2 is 2.00 bits per heavy atom. The lowest BCUT2D eigenvalue weighted by Crippen LogP contribution is -2.33. The monoisotopic (exact) mass is 287 g/mol. The van der Waals surface area contributed by atoms with Gasteiger partial charge in [-0.3, -0.25) is 0 Å². The van der Waals surface area contributed by atoms with Crippen molar-refractivity contribution in [2.45, 2.75) is 31.2 Å². The Kier molecular flexibility index (Phi) is 5.34. The summed E-state index contributed by atoms with van der Waals surface area (Å²) in [5.74, 6) is 0.578. The maximum Gasteiger partial charge on any atom is 0.243 e. The highest BCUT2D eigenvalue weighted by Crippen LogP contribution is 2.25. The van der Waals surface area contributed by atoms with Crippen LogP contribution in [0.5, 0.6) is 5.75 Å². The summed E-state index contributed by atoms with van der Waals surface area (Å²) in [7, 11) is -0.481. The largest absolute Gasteiger partial charge is 0.497 e. The van der Waals surface area contributed by atoms with E-state index in [-0.39, 0.29) is 24.0 Å². The van der Waals surface area contributed by atoms with Crippen molar-refractivity contribution in [2.24, 2.45) is 0 Å². The third-order valence-corrected chi connectivity index (χ3v) is 5.17. The van der Waals surface area contributed by atoms with E-state index < -0.39 is 10.0 Å². The summed E-state index contributed by atoms with van der Waals surface area (Å²) in [6.45, 7) is 3.51. The van der Waals surface area contributed by atoms with Crippen molar-refractivity contribution in [3.8, 4) is 5.75 Å². The first kappa shape index (κ1) is 15.9. The number of hydrogen-bond acceptors (Lipinski definition) is 4. The van der Waals surface area contributed by atoms with Crippen LogP contribution in [-0.2, 0) is 16.4 Å². The minimum Gasteiger partial charge on any atom is -0.497 e. The van der Waals surface area contributed by atoms with Crippen LogP contribution in [0, 0.1) is 0 Å². The van der Waals surface area contributed by atoms with Gasteiger partial charge in [-0.1, -0.05) is 0 Å². The van der Waals surface area contributed by atoms with Crippen LogP contribution in [-0.4, -0.2) is 44.6 Å². The Morgan fingerprint density at radius 3 is 2.47 bits per heavy atom. The molecule has 0 aromatic heterocycles. The molecule has 0 amide bonds. The Morgan fingerprint density at radius 1 is 1.37 bits per heavy atom. The van der Waals surface area contributed by atoms with Crippen molar-refractivity contribution in [2.75, 3.05) is 20.8 Å². The SMILES string of the molecule is COc1ccc(S(=O)(=O)N(C)C(C)C)c(CCO)c1. The predicted octanol–water partition coefficient (Wildman–Crippen LogP) is 1.26. The van der Waals surface area contributed by atoms with Gasteiger partial charge in [0.05, 0.1) is 12.0 Å².